The number of carbonyl (C=O) groups is 2. The number of fused-ring (bicyclic) bond motifs is 1. The molecule has 2 aliphatic rings. The summed E-state index contributed by atoms with van der Waals surface area (Å²) >= 11 is 6.32. The number of rotatable bonds is 8. The van der Waals surface area contributed by atoms with Crippen LogP contribution < -0.4 is 16.0 Å². The lowest BCUT2D eigenvalue weighted by Gasteiger charge is -2.28. The molecule has 1 fully saturated rings. The van der Waals surface area contributed by atoms with Crippen molar-refractivity contribution in [1.82, 2.24) is 20.2 Å². The van der Waals surface area contributed by atoms with Crippen LogP contribution in [0.25, 0.3) is 11.0 Å². The zero-order valence-electron chi connectivity index (χ0n) is 22.6. The minimum absolute atomic E-state index is 0.0754. The molecule has 4 N–H and O–H groups in total. The highest BCUT2D eigenvalue weighted by Gasteiger charge is 2.35. The molecule has 3 aromatic rings. The molecule has 2 amide bonds. The number of benzene rings is 2. The Morgan fingerprint density at radius 2 is 1.88 bits per heavy atom. The van der Waals surface area contributed by atoms with Crippen LogP contribution in [0.5, 0.6) is 0 Å². The molecule has 0 radical (unpaired) electrons. The van der Waals surface area contributed by atoms with Crippen molar-refractivity contribution in [3.63, 3.8) is 0 Å². The Kier molecular flexibility index (Phi) is 8.55. The molecule has 41 heavy (non-hydrogen) atoms. The third-order valence-corrected chi connectivity index (χ3v) is 8.16. The van der Waals surface area contributed by atoms with Gasteiger partial charge < -0.3 is 25.8 Å². The van der Waals surface area contributed by atoms with Crippen molar-refractivity contribution in [3.05, 3.63) is 64.2 Å². The standard InChI is InChI=1S/C29H32ClF3N6O2/c1-17-22(30)9-6-10-23(17)36-27(41)20-15-18(35-26(40)19-7-2-3-8-21(19)29(31,32)33)16-24-25(20)38-28(37-24)34-11-14-39-12-4-5-13-39/h2-3,7-9,15-17,23H,4-6,10-14H2,1H3,(H,35,40)(H,36,41)(H2,34,37,38). The number of aromatic nitrogens is 2. The van der Waals surface area contributed by atoms with Crippen LogP contribution in [0.15, 0.2) is 47.5 Å². The Balaban J connectivity index is 1.43. The summed E-state index contributed by atoms with van der Waals surface area (Å²) in [6.45, 7) is 5.54. The zero-order valence-corrected chi connectivity index (χ0v) is 23.3. The van der Waals surface area contributed by atoms with Gasteiger partial charge in [0.2, 0.25) is 5.95 Å². The molecule has 2 atom stereocenters. The van der Waals surface area contributed by atoms with Gasteiger partial charge in [0.1, 0.15) is 5.52 Å². The number of nitrogens with zero attached hydrogens (tertiary/aromatic N) is 2. The normalized spacial score (nSPS) is 19.7. The molecule has 0 saturated carbocycles. The molecule has 2 unspecified atom stereocenters. The number of halogens is 4. The second-order valence-corrected chi connectivity index (χ2v) is 10.9. The summed E-state index contributed by atoms with van der Waals surface area (Å²) in [7, 11) is 0. The number of imidazole rings is 1. The molecule has 1 aromatic heterocycles. The molecule has 218 valence electrons. The number of H-pyrrole nitrogens is 1. The van der Waals surface area contributed by atoms with E-state index in [4.69, 9.17) is 11.6 Å². The maximum atomic E-state index is 13.6. The van der Waals surface area contributed by atoms with Gasteiger partial charge in [-0.05, 0) is 63.0 Å². The maximum absolute atomic E-state index is 13.6. The van der Waals surface area contributed by atoms with Crippen LogP contribution in [0.3, 0.4) is 0 Å². The van der Waals surface area contributed by atoms with Crippen molar-refractivity contribution >= 4 is 46.1 Å². The summed E-state index contributed by atoms with van der Waals surface area (Å²) in [4.78, 5) is 36.6. The lowest BCUT2D eigenvalue weighted by Crippen LogP contribution is -2.40. The topological polar surface area (TPSA) is 102 Å². The third-order valence-electron chi connectivity index (χ3n) is 7.66. The molecular formula is C29H32ClF3N6O2. The lowest BCUT2D eigenvalue weighted by atomic mass is 9.91. The minimum atomic E-state index is -4.70. The van der Waals surface area contributed by atoms with E-state index in [1.54, 1.807) is 6.07 Å². The number of allylic oxidation sites excluding steroid dienone is 1. The van der Waals surface area contributed by atoms with E-state index in [1.807, 2.05) is 13.0 Å². The fraction of sp³-hybridized carbons (Fsp3) is 0.414. The highest BCUT2D eigenvalue weighted by Crippen LogP contribution is 2.33. The van der Waals surface area contributed by atoms with Crippen molar-refractivity contribution in [1.29, 1.82) is 0 Å². The van der Waals surface area contributed by atoms with Crippen LogP contribution in [0.1, 0.15) is 58.9 Å². The molecule has 2 aromatic carbocycles. The van der Waals surface area contributed by atoms with Gasteiger partial charge in [0.05, 0.1) is 22.2 Å². The molecule has 1 saturated heterocycles. The van der Waals surface area contributed by atoms with Crippen LogP contribution in [0.4, 0.5) is 24.8 Å². The summed E-state index contributed by atoms with van der Waals surface area (Å²) in [5.74, 6) is -0.977. The predicted octanol–water partition coefficient (Wildman–Crippen LogP) is 5.99. The average Bonchev–Trinajstić information content (AvgIpc) is 3.60. The van der Waals surface area contributed by atoms with E-state index in [2.05, 4.69) is 30.8 Å². The number of hydrogen-bond donors (Lipinski definition) is 4. The lowest BCUT2D eigenvalue weighted by molar-refractivity contribution is -0.137. The Morgan fingerprint density at radius 1 is 1.12 bits per heavy atom. The van der Waals surface area contributed by atoms with Gasteiger partial charge in [-0.15, -0.1) is 0 Å². The largest absolute Gasteiger partial charge is 0.417 e. The van der Waals surface area contributed by atoms with E-state index in [1.165, 1.54) is 31.0 Å². The second-order valence-electron chi connectivity index (χ2n) is 10.5. The first kappa shape index (κ1) is 28.9. The van der Waals surface area contributed by atoms with Gasteiger partial charge in [-0.1, -0.05) is 36.7 Å². The Hall–Kier alpha value is -3.57. The molecule has 12 heteroatoms. The first-order valence-electron chi connectivity index (χ1n) is 13.7. The summed E-state index contributed by atoms with van der Waals surface area (Å²) in [6, 6.07) is 7.36. The average molecular weight is 589 g/mol. The van der Waals surface area contributed by atoms with Gasteiger partial charge in [0, 0.05) is 35.8 Å². The number of anilines is 2. The van der Waals surface area contributed by atoms with Crippen LogP contribution in [-0.4, -0.2) is 58.9 Å². The molecule has 2 heterocycles. The van der Waals surface area contributed by atoms with Gasteiger partial charge >= 0.3 is 6.18 Å². The third kappa shape index (κ3) is 6.68. The minimum Gasteiger partial charge on any atom is -0.355 e. The molecule has 0 bridgehead atoms. The van der Waals surface area contributed by atoms with E-state index in [-0.39, 0.29) is 23.2 Å². The van der Waals surface area contributed by atoms with E-state index in [9.17, 15) is 22.8 Å². The van der Waals surface area contributed by atoms with Crippen LogP contribution in [0, 0.1) is 5.92 Å². The fourth-order valence-electron chi connectivity index (χ4n) is 5.38. The van der Waals surface area contributed by atoms with Gasteiger partial charge in [-0.25, -0.2) is 4.98 Å². The molecule has 1 aliphatic carbocycles. The number of nitrogens with one attached hydrogen (secondary N) is 4. The first-order chi connectivity index (χ1) is 19.6. The summed E-state index contributed by atoms with van der Waals surface area (Å²) in [6.07, 6.45) is 1.05. The smallest absolute Gasteiger partial charge is 0.355 e. The van der Waals surface area contributed by atoms with Crippen molar-refractivity contribution in [2.24, 2.45) is 5.92 Å². The van der Waals surface area contributed by atoms with Crippen LogP contribution in [0.2, 0.25) is 0 Å². The van der Waals surface area contributed by atoms with E-state index in [0.29, 0.717) is 35.0 Å². The van der Waals surface area contributed by atoms with Gasteiger partial charge in [-0.2, -0.15) is 13.2 Å². The number of carbonyl (C=O) groups excluding carboxylic acids is 2. The molecule has 8 nitrogen and oxygen atoms in total. The molecule has 0 spiro atoms. The van der Waals surface area contributed by atoms with Gasteiger partial charge in [0.25, 0.3) is 11.8 Å². The second kappa shape index (κ2) is 12.1. The number of alkyl halides is 3. The SMILES string of the molecule is CC1C(Cl)=CCCC1NC(=O)c1cc(NC(=O)c2ccccc2C(F)(F)F)cc2[nH]c(NCCN3CCCC3)nc12. The summed E-state index contributed by atoms with van der Waals surface area (Å²) in [5, 5.41) is 9.51. The number of likely N-dealkylation sites (tertiary alicyclic amines) is 1. The van der Waals surface area contributed by atoms with Crippen molar-refractivity contribution < 1.29 is 22.8 Å². The fourth-order valence-corrected chi connectivity index (χ4v) is 5.65. The van der Waals surface area contributed by atoms with E-state index < -0.39 is 29.1 Å². The Morgan fingerprint density at radius 3 is 2.63 bits per heavy atom. The van der Waals surface area contributed by atoms with Crippen molar-refractivity contribution in [3.8, 4) is 0 Å². The quantitative estimate of drug-likeness (QED) is 0.259. The molecular weight excluding hydrogens is 557 g/mol. The van der Waals surface area contributed by atoms with Gasteiger partial charge in [0.15, 0.2) is 0 Å². The van der Waals surface area contributed by atoms with Crippen molar-refractivity contribution in [2.45, 2.75) is 44.8 Å². The van der Waals surface area contributed by atoms with E-state index >= 15 is 0 Å². The number of hydrogen-bond acceptors (Lipinski definition) is 5. The highest BCUT2D eigenvalue weighted by molar-refractivity contribution is 6.30. The molecule has 1 aliphatic heterocycles. The van der Waals surface area contributed by atoms with Crippen molar-refractivity contribution in [2.75, 3.05) is 36.8 Å². The zero-order chi connectivity index (χ0) is 29.1. The Bertz CT molecular complexity index is 1460. The summed E-state index contributed by atoms with van der Waals surface area (Å²) < 4.78 is 40.6. The van der Waals surface area contributed by atoms with E-state index in [0.717, 1.165) is 38.2 Å². The summed E-state index contributed by atoms with van der Waals surface area (Å²) in [5.41, 5.74) is -0.383. The maximum Gasteiger partial charge on any atom is 0.417 e. The number of amides is 2. The molecule has 5 rings (SSSR count). The predicted molar refractivity (Wildman–Crippen MR) is 153 cm³/mol. The monoisotopic (exact) mass is 588 g/mol. The Labute approximate surface area is 240 Å². The number of aromatic amines is 1. The van der Waals surface area contributed by atoms with Gasteiger partial charge in [-0.3, -0.25) is 9.59 Å². The highest BCUT2D eigenvalue weighted by atomic mass is 35.5. The van der Waals surface area contributed by atoms with Crippen LogP contribution in [-0.2, 0) is 6.18 Å². The first-order valence-corrected chi connectivity index (χ1v) is 14.1. The van der Waals surface area contributed by atoms with Crippen LogP contribution >= 0.6 is 11.6 Å².